The highest BCUT2D eigenvalue weighted by molar-refractivity contribution is 6.06. The fraction of sp³-hybridized carbons (Fsp3) is 0.364. The number of aryl methyl sites for hydroxylation is 1. The SMILES string of the molecule is Cn1cc(NC(=O)c2n[nH]c(C3CC3)c2N)cn1. The maximum absolute atomic E-state index is 12.0. The van der Waals surface area contributed by atoms with Crippen molar-refractivity contribution in [1.29, 1.82) is 0 Å². The molecular weight excluding hydrogens is 232 g/mol. The third-order valence-electron chi connectivity index (χ3n) is 3.00. The second-order valence-electron chi connectivity index (χ2n) is 4.53. The summed E-state index contributed by atoms with van der Waals surface area (Å²) in [6.45, 7) is 0. The zero-order chi connectivity index (χ0) is 12.7. The summed E-state index contributed by atoms with van der Waals surface area (Å²) in [6, 6.07) is 0. The molecule has 3 rings (SSSR count). The van der Waals surface area contributed by atoms with E-state index in [4.69, 9.17) is 5.73 Å². The molecule has 0 aromatic carbocycles. The second kappa shape index (κ2) is 3.86. The van der Waals surface area contributed by atoms with Gasteiger partial charge in [-0.25, -0.2) is 0 Å². The van der Waals surface area contributed by atoms with Crippen molar-refractivity contribution in [2.75, 3.05) is 11.1 Å². The van der Waals surface area contributed by atoms with E-state index in [1.54, 1.807) is 24.1 Å². The number of aromatic amines is 1. The molecule has 7 heteroatoms. The number of nitrogens with zero attached hydrogens (tertiary/aromatic N) is 3. The molecule has 0 saturated heterocycles. The van der Waals surface area contributed by atoms with Crippen LogP contribution in [-0.4, -0.2) is 25.9 Å². The number of hydrogen-bond acceptors (Lipinski definition) is 4. The van der Waals surface area contributed by atoms with Crippen LogP contribution >= 0.6 is 0 Å². The number of carbonyl (C=O) groups is 1. The van der Waals surface area contributed by atoms with Gasteiger partial charge in [0.2, 0.25) is 0 Å². The summed E-state index contributed by atoms with van der Waals surface area (Å²) in [5, 5.41) is 13.5. The molecule has 0 aliphatic heterocycles. The minimum atomic E-state index is -0.316. The number of carbonyl (C=O) groups excluding carboxylic acids is 1. The molecule has 2 aromatic heterocycles. The van der Waals surface area contributed by atoms with E-state index >= 15 is 0 Å². The first-order valence-corrected chi connectivity index (χ1v) is 5.79. The fourth-order valence-corrected chi connectivity index (χ4v) is 1.90. The average molecular weight is 246 g/mol. The number of aromatic nitrogens is 4. The Morgan fingerprint density at radius 3 is 3.00 bits per heavy atom. The van der Waals surface area contributed by atoms with Gasteiger partial charge < -0.3 is 11.1 Å². The zero-order valence-corrected chi connectivity index (χ0v) is 9.97. The van der Waals surface area contributed by atoms with Gasteiger partial charge in [-0.15, -0.1) is 0 Å². The van der Waals surface area contributed by atoms with Crippen molar-refractivity contribution in [3.63, 3.8) is 0 Å². The highest BCUT2D eigenvalue weighted by atomic mass is 16.2. The van der Waals surface area contributed by atoms with E-state index in [-0.39, 0.29) is 11.6 Å². The Labute approximate surface area is 103 Å². The molecule has 1 fully saturated rings. The quantitative estimate of drug-likeness (QED) is 0.747. The van der Waals surface area contributed by atoms with Crippen LogP contribution in [0.2, 0.25) is 0 Å². The number of nitrogen functional groups attached to an aromatic ring is 1. The van der Waals surface area contributed by atoms with Gasteiger partial charge in [-0.2, -0.15) is 10.2 Å². The third kappa shape index (κ3) is 1.83. The molecule has 94 valence electrons. The molecule has 0 radical (unpaired) electrons. The predicted molar refractivity (Wildman–Crippen MR) is 66.1 cm³/mol. The van der Waals surface area contributed by atoms with Crippen molar-refractivity contribution >= 4 is 17.3 Å². The van der Waals surface area contributed by atoms with Crippen molar-refractivity contribution in [3.05, 3.63) is 23.8 Å². The Balaban J connectivity index is 1.79. The van der Waals surface area contributed by atoms with Crippen molar-refractivity contribution in [2.24, 2.45) is 7.05 Å². The number of H-pyrrole nitrogens is 1. The van der Waals surface area contributed by atoms with E-state index in [1.165, 1.54) is 0 Å². The van der Waals surface area contributed by atoms with Gasteiger partial charge in [-0.1, -0.05) is 0 Å². The van der Waals surface area contributed by atoms with Crippen LogP contribution < -0.4 is 11.1 Å². The predicted octanol–water partition coefficient (Wildman–Crippen LogP) is 0.855. The average Bonchev–Trinajstić information content (AvgIpc) is 2.98. The molecule has 0 spiro atoms. The van der Waals surface area contributed by atoms with Crippen LogP contribution in [0.25, 0.3) is 0 Å². The summed E-state index contributed by atoms with van der Waals surface area (Å²) in [5.74, 6) is 0.126. The number of amides is 1. The van der Waals surface area contributed by atoms with Gasteiger partial charge in [0.25, 0.3) is 5.91 Å². The van der Waals surface area contributed by atoms with Crippen LogP contribution in [0.5, 0.6) is 0 Å². The Morgan fingerprint density at radius 2 is 2.39 bits per heavy atom. The van der Waals surface area contributed by atoms with Crippen LogP contribution in [0, 0.1) is 0 Å². The van der Waals surface area contributed by atoms with Gasteiger partial charge in [-0.05, 0) is 12.8 Å². The van der Waals surface area contributed by atoms with Crippen molar-refractivity contribution in [2.45, 2.75) is 18.8 Å². The minimum Gasteiger partial charge on any atom is -0.395 e. The monoisotopic (exact) mass is 246 g/mol. The maximum Gasteiger partial charge on any atom is 0.278 e. The molecule has 2 aromatic rings. The highest BCUT2D eigenvalue weighted by Gasteiger charge is 2.30. The molecule has 0 atom stereocenters. The van der Waals surface area contributed by atoms with Crippen LogP contribution in [0.3, 0.4) is 0 Å². The molecule has 1 aliphatic rings. The van der Waals surface area contributed by atoms with Gasteiger partial charge >= 0.3 is 0 Å². The molecule has 0 unspecified atom stereocenters. The van der Waals surface area contributed by atoms with E-state index in [0.717, 1.165) is 18.5 Å². The number of anilines is 2. The Morgan fingerprint density at radius 1 is 1.61 bits per heavy atom. The van der Waals surface area contributed by atoms with E-state index in [0.29, 0.717) is 17.3 Å². The standard InChI is InChI=1S/C11H14N6O/c1-17-5-7(4-13-17)14-11(18)10-8(12)9(15-16-10)6-2-3-6/h4-6H,2-3,12H2,1H3,(H,14,18)(H,15,16). The number of nitrogens with two attached hydrogens (primary N) is 1. The molecule has 2 heterocycles. The first kappa shape index (κ1) is 10.8. The fourth-order valence-electron chi connectivity index (χ4n) is 1.90. The van der Waals surface area contributed by atoms with Gasteiger partial charge in [-0.3, -0.25) is 14.6 Å². The van der Waals surface area contributed by atoms with E-state index in [9.17, 15) is 4.79 Å². The largest absolute Gasteiger partial charge is 0.395 e. The lowest BCUT2D eigenvalue weighted by Crippen LogP contribution is -2.14. The maximum atomic E-state index is 12.0. The third-order valence-corrected chi connectivity index (χ3v) is 3.00. The summed E-state index contributed by atoms with van der Waals surface area (Å²) in [5.41, 5.74) is 8.14. The Kier molecular flexibility index (Phi) is 2.32. The van der Waals surface area contributed by atoms with E-state index in [2.05, 4.69) is 20.6 Å². The molecule has 18 heavy (non-hydrogen) atoms. The minimum absolute atomic E-state index is 0.251. The smallest absolute Gasteiger partial charge is 0.278 e. The van der Waals surface area contributed by atoms with Crippen molar-refractivity contribution in [1.82, 2.24) is 20.0 Å². The number of rotatable bonds is 3. The topological polar surface area (TPSA) is 102 Å². The van der Waals surface area contributed by atoms with Gasteiger partial charge in [0, 0.05) is 19.2 Å². The Bertz CT molecular complexity index is 594. The van der Waals surface area contributed by atoms with Gasteiger partial charge in [0.1, 0.15) is 0 Å². The molecule has 7 nitrogen and oxygen atoms in total. The van der Waals surface area contributed by atoms with E-state index < -0.39 is 0 Å². The van der Waals surface area contributed by atoms with Crippen LogP contribution in [0.15, 0.2) is 12.4 Å². The van der Waals surface area contributed by atoms with Crippen LogP contribution in [-0.2, 0) is 7.05 Å². The first-order valence-electron chi connectivity index (χ1n) is 5.79. The van der Waals surface area contributed by atoms with Gasteiger partial charge in [0.15, 0.2) is 5.69 Å². The van der Waals surface area contributed by atoms with Crippen LogP contribution in [0.1, 0.15) is 34.9 Å². The zero-order valence-electron chi connectivity index (χ0n) is 9.97. The van der Waals surface area contributed by atoms with Crippen molar-refractivity contribution in [3.8, 4) is 0 Å². The number of nitrogens with one attached hydrogen (secondary N) is 2. The summed E-state index contributed by atoms with van der Waals surface area (Å²) >= 11 is 0. The highest BCUT2D eigenvalue weighted by Crippen LogP contribution is 2.42. The van der Waals surface area contributed by atoms with Crippen LogP contribution in [0.4, 0.5) is 11.4 Å². The Hall–Kier alpha value is -2.31. The molecule has 1 saturated carbocycles. The molecule has 0 bridgehead atoms. The lowest BCUT2D eigenvalue weighted by Gasteiger charge is -2.00. The molecule has 4 N–H and O–H groups in total. The van der Waals surface area contributed by atoms with E-state index in [1.807, 2.05) is 0 Å². The lowest BCUT2D eigenvalue weighted by atomic mass is 10.2. The molecular formula is C11H14N6O. The summed E-state index contributed by atoms with van der Waals surface area (Å²) in [7, 11) is 1.78. The number of hydrogen-bond donors (Lipinski definition) is 3. The van der Waals surface area contributed by atoms with Crippen molar-refractivity contribution < 1.29 is 4.79 Å². The summed E-state index contributed by atoms with van der Waals surface area (Å²) < 4.78 is 1.61. The summed E-state index contributed by atoms with van der Waals surface area (Å²) in [6.07, 6.45) is 5.50. The first-order chi connectivity index (χ1) is 8.65. The summed E-state index contributed by atoms with van der Waals surface area (Å²) in [4.78, 5) is 12.0. The normalized spacial score (nSPS) is 14.7. The lowest BCUT2D eigenvalue weighted by molar-refractivity contribution is 0.102. The molecule has 1 aliphatic carbocycles. The second-order valence-corrected chi connectivity index (χ2v) is 4.53. The van der Waals surface area contributed by atoms with Gasteiger partial charge in [0.05, 0.1) is 23.3 Å². The molecule has 1 amide bonds.